The first-order chi connectivity index (χ1) is 9.13. The van der Waals surface area contributed by atoms with E-state index in [1.807, 2.05) is 24.6 Å². The SMILES string of the molecule is CNC(Cc1ccc(Cl)c(F)c1)c1cc(OC)cs1. The van der Waals surface area contributed by atoms with E-state index in [1.165, 1.54) is 6.07 Å². The lowest BCUT2D eigenvalue weighted by Gasteiger charge is -2.14. The Morgan fingerprint density at radius 3 is 2.79 bits per heavy atom. The predicted octanol–water partition coefficient (Wildman–Crippen LogP) is 4.05. The highest BCUT2D eigenvalue weighted by atomic mass is 35.5. The number of hydrogen-bond donors (Lipinski definition) is 1. The Kier molecular flexibility index (Phi) is 4.80. The molecule has 1 aromatic heterocycles. The van der Waals surface area contributed by atoms with E-state index < -0.39 is 0 Å². The third-order valence-corrected chi connectivity index (χ3v) is 4.28. The van der Waals surface area contributed by atoms with Crippen molar-refractivity contribution in [2.75, 3.05) is 14.2 Å². The summed E-state index contributed by atoms with van der Waals surface area (Å²) in [7, 11) is 3.54. The number of benzene rings is 1. The largest absolute Gasteiger partial charge is 0.496 e. The van der Waals surface area contributed by atoms with Crippen molar-refractivity contribution in [3.8, 4) is 5.75 Å². The van der Waals surface area contributed by atoms with E-state index in [1.54, 1.807) is 24.5 Å². The lowest BCUT2D eigenvalue weighted by Crippen LogP contribution is -2.17. The van der Waals surface area contributed by atoms with Crippen molar-refractivity contribution in [1.82, 2.24) is 5.32 Å². The van der Waals surface area contributed by atoms with Crippen molar-refractivity contribution in [1.29, 1.82) is 0 Å². The molecule has 0 radical (unpaired) electrons. The molecule has 1 aromatic carbocycles. The zero-order chi connectivity index (χ0) is 13.8. The number of ether oxygens (including phenoxy) is 1. The van der Waals surface area contributed by atoms with Crippen molar-refractivity contribution < 1.29 is 9.13 Å². The molecule has 0 aliphatic rings. The Labute approximate surface area is 121 Å². The van der Waals surface area contributed by atoms with Gasteiger partial charge in [0.25, 0.3) is 0 Å². The summed E-state index contributed by atoms with van der Waals surface area (Å²) in [6.45, 7) is 0. The zero-order valence-electron chi connectivity index (χ0n) is 10.7. The van der Waals surface area contributed by atoms with E-state index in [0.717, 1.165) is 16.2 Å². The molecule has 102 valence electrons. The van der Waals surface area contributed by atoms with Gasteiger partial charge in [-0.05, 0) is 37.2 Å². The third-order valence-electron chi connectivity index (χ3n) is 2.95. The van der Waals surface area contributed by atoms with Crippen molar-refractivity contribution >= 4 is 22.9 Å². The second-order valence-corrected chi connectivity index (χ2v) is 5.53. The van der Waals surface area contributed by atoms with E-state index in [2.05, 4.69) is 5.32 Å². The van der Waals surface area contributed by atoms with Gasteiger partial charge in [-0.15, -0.1) is 11.3 Å². The maximum atomic E-state index is 13.4. The second kappa shape index (κ2) is 6.37. The summed E-state index contributed by atoms with van der Waals surface area (Å²) in [5.41, 5.74) is 0.911. The molecule has 0 aliphatic carbocycles. The summed E-state index contributed by atoms with van der Waals surface area (Å²) in [6.07, 6.45) is 0.703. The first kappa shape index (κ1) is 14.3. The van der Waals surface area contributed by atoms with Crippen LogP contribution in [0.2, 0.25) is 5.02 Å². The van der Waals surface area contributed by atoms with Crippen LogP contribution in [0.4, 0.5) is 4.39 Å². The van der Waals surface area contributed by atoms with Gasteiger partial charge in [0.1, 0.15) is 11.6 Å². The van der Waals surface area contributed by atoms with Crippen molar-refractivity contribution in [2.24, 2.45) is 0 Å². The van der Waals surface area contributed by atoms with Crippen LogP contribution in [0.25, 0.3) is 0 Å². The summed E-state index contributed by atoms with van der Waals surface area (Å²) in [6, 6.07) is 7.05. The Hall–Kier alpha value is -1.10. The zero-order valence-corrected chi connectivity index (χ0v) is 12.3. The molecule has 5 heteroatoms. The number of halogens is 2. The Bertz CT molecular complexity index is 558. The molecule has 1 N–H and O–H groups in total. The highest BCUT2D eigenvalue weighted by molar-refractivity contribution is 7.10. The molecule has 2 aromatic rings. The second-order valence-electron chi connectivity index (χ2n) is 4.18. The number of hydrogen-bond acceptors (Lipinski definition) is 3. The Balaban J connectivity index is 2.16. The summed E-state index contributed by atoms with van der Waals surface area (Å²) < 4.78 is 18.6. The number of nitrogens with one attached hydrogen (secondary N) is 1. The standard InChI is InChI=1S/C14H15ClFNOS/c1-17-13(14-7-10(18-2)8-19-14)6-9-3-4-11(15)12(16)5-9/h3-5,7-8,13,17H,6H2,1-2H3. The van der Waals surface area contributed by atoms with Gasteiger partial charge in [0.05, 0.1) is 12.1 Å². The first-order valence-corrected chi connectivity index (χ1v) is 7.13. The fraction of sp³-hybridized carbons (Fsp3) is 0.286. The highest BCUT2D eigenvalue weighted by Gasteiger charge is 2.14. The monoisotopic (exact) mass is 299 g/mol. The van der Waals surface area contributed by atoms with Crippen LogP contribution in [0.3, 0.4) is 0 Å². The van der Waals surface area contributed by atoms with E-state index in [4.69, 9.17) is 16.3 Å². The fourth-order valence-electron chi connectivity index (χ4n) is 1.87. The van der Waals surface area contributed by atoms with E-state index >= 15 is 0 Å². The maximum Gasteiger partial charge on any atom is 0.142 e. The van der Waals surface area contributed by atoms with Gasteiger partial charge < -0.3 is 10.1 Å². The average molecular weight is 300 g/mol. The normalized spacial score (nSPS) is 12.4. The van der Waals surface area contributed by atoms with Gasteiger partial charge >= 0.3 is 0 Å². The van der Waals surface area contributed by atoms with Crippen LogP contribution in [0.5, 0.6) is 5.75 Å². The minimum absolute atomic E-state index is 0.134. The van der Waals surface area contributed by atoms with Gasteiger partial charge in [-0.2, -0.15) is 0 Å². The topological polar surface area (TPSA) is 21.3 Å². The minimum atomic E-state index is -0.377. The first-order valence-electron chi connectivity index (χ1n) is 5.87. The molecule has 0 aliphatic heterocycles. The highest BCUT2D eigenvalue weighted by Crippen LogP contribution is 2.29. The molecule has 0 saturated carbocycles. The molecular weight excluding hydrogens is 285 g/mol. The molecule has 19 heavy (non-hydrogen) atoms. The molecule has 0 amide bonds. The summed E-state index contributed by atoms with van der Waals surface area (Å²) in [4.78, 5) is 1.16. The van der Waals surface area contributed by atoms with Crippen molar-refractivity contribution in [2.45, 2.75) is 12.5 Å². The van der Waals surface area contributed by atoms with Crippen LogP contribution in [0, 0.1) is 5.82 Å². The van der Waals surface area contributed by atoms with E-state index in [9.17, 15) is 4.39 Å². The lowest BCUT2D eigenvalue weighted by atomic mass is 10.0. The summed E-state index contributed by atoms with van der Waals surface area (Å²) in [5.74, 6) is 0.473. The molecule has 2 nitrogen and oxygen atoms in total. The molecular formula is C14H15ClFNOS. The summed E-state index contributed by atoms with van der Waals surface area (Å²) in [5, 5.41) is 5.35. The quantitative estimate of drug-likeness (QED) is 0.899. The Morgan fingerprint density at radius 2 is 2.21 bits per heavy atom. The predicted molar refractivity (Wildman–Crippen MR) is 77.8 cm³/mol. The van der Waals surface area contributed by atoms with Gasteiger partial charge in [-0.3, -0.25) is 0 Å². The third kappa shape index (κ3) is 3.47. The van der Waals surface area contributed by atoms with Crippen LogP contribution < -0.4 is 10.1 Å². The molecule has 0 fully saturated rings. The molecule has 1 heterocycles. The van der Waals surface area contributed by atoms with Crippen LogP contribution >= 0.6 is 22.9 Å². The van der Waals surface area contributed by atoms with Crippen LogP contribution in [0.1, 0.15) is 16.5 Å². The van der Waals surface area contributed by atoms with Gasteiger partial charge in [0.15, 0.2) is 0 Å². The molecule has 1 unspecified atom stereocenters. The van der Waals surface area contributed by atoms with Crippen molar-refractivity contribution in [3.63, 3.8) is 0 Å². The van der Waals surface area contributed by atoms with E-state index in [-0.39, 0.29) is 16.9 Å². The number of methoxy groups -OCH3 is 1. The van der Waals surface area contributed by atoms with E-state index in [0.29, 0.717) is 6.42 Å². The van der Waals surface area contributed by atoms with Crippen LogP contribution in [-0.4, -0.2) is 14.2 Å². The van der Waals surface area contributed by atoms with Gasteiger partial charge in [-0.1, -0.05) is 17.7 Å². The van der Waals surface area contributed by atoms with Crippen LogP contribution in [-0.2, 0) is 6.42 Å². The van der Waals surface area contributed by atoms with Gasteiger partial charge in [0, 0.05) is 16.3 Å². The number of rotatable bonds is 5. The number of thiophene rings is 1. The molecule has 0 bridgehead atoms. The van der Waals surface area contributed by atoms with Crippen LogP contribution in [0.15, 0.2) is 29.6 Å². The number of likely N-dealkylation sites (N-methyl/N-ethyl adjacent to an activating group) is 1. The molecule has 0 spiro atoms. The molecule has 2 rings (SSSR count). The van der Waals surface area contributed by atoms with Gasteiger partial charge in [0.2, 0.25) is 0 Å². The van der Waals surface area contributed by atoms with Gasteiger partial charge in [-0.25, -0.2) is 4.39 Å². The lowest BCUT2D eigenvalue weighted by molar-refractivity contribution is 0.416. The smallest absolute Gasteiger partial charge is 0.142 e. The Morgan fingerprint density at radius 1 is 1.42 bits per heavy atom. The molecule has 1 atom stereocenters. The average Bonchev–Trinajstić information content (AvgIpc) is 2.88. The maximum absolute atomic E-state index is 13.4. The van der Waals surface area contributed by atoms with Crippen molar-refractivity contribution in [3.05, 3.63) is 50.9 Å². The summed E-state index contributed by atoms with van der Waals surface area (Å²) >= 11 is 7.31. The minimum Gasteiger partial charge on any atom is -0.496 e. The molecule has 0 saturated heterocycles. The fourth-order valence-corrected chi connectivity index (χ4v) is 2.96.